The van der Waals surface area contributed by atoms with Crippen LogP contribution in [-0.2, 0) is 0 Å². The molecule has 0 saturated heterocycles. The lowest BCUT2D eigenvalue weighted by atomic mass is 10.2. The number of furan rings is 1. The summed E-state index contributed by atoms with van der Waals surface area (Å²) in [6, 6.07) is 14.5. The molecule has 1 amide bonds. The van der Waals surface area contributed by atoms with Crippen LogP contribution in [0.1, 0.15) is 10.6 Å². The van der Waals surface area contributed by atoms with E-state index in [2.05, 4.69) is 4.98 Å². The van der Waals surface area contributed by atoms with Crippen molar-refractivity contribution in [1.82, 2.24) is 4.98 Å². The standard InChI is InChI=1S/C22H20N2O5/c1-24(18-8-7-16(27-3)12-19(18)28-4)22(25)20-10-14-9-13-5-6-15(26-2)11-17(13)23-21(14)29-20/h5-12H,1-4H3. The minimum Gasteiger partial charge on any atom is -0.497 e. The maximum absolute atomic E-state index is 13.0. The molecule has 0 bridgehead atoms. The first kappa shape index (κ1) is 18.6. The van der Waals surface area contributed by atoms with Crippen LogP contribution < -0.4 is 19.1 Å². The third-order valence-electron chi connectivity index (χ3n) is 4.77. The molecule has 4 aromatic rings. The fraction of sp³-hybridized carbons (Fsp3) is 0.182. The van der Waals surface area contributed by atoms with E-state index in [1.807, 2.05) is 24.3 Å². The first-order valence-electron chi connectivity index (χ1n) is 8.92. The molecule has 0 aliphatic rings. The van der Waals surface area contributed by atoms with Crippen LogP contribution in [-0.4, -0.2) is 39.3 Å². The number of rotatable bonds is 5. The number of hydrogen-bond donors (Lipinski definition) is 0. The van der Waals surface area contributed by atoms with E-state index in [1.54, 1.807) is 52.6 Å². The molecular formula is C22H20N2O5. The molecular weight excluding hydrogens is 372 g/mol. The maximum Gasteiger partial charge on any atom is 0.293 e. The van der Waals surface area contributed by atoms with Gasteiger partial charge >= 0.3 is 0 Å². The lowest BCUT2D eigenvalue weighted by molar-refractivity contribution is 0.0967. The van der Waals surface area contributed by atoms with Crippen LogP contribution in [0.3, 0.4) is 0 Å². The molecule has 0 saturated carbocycles. The highest BCUT2D eigenvalue weighted by Gasteiger charge is 2.22. The quantitative estimate of drug-likeness (QED) is 0.505. The van der Waals surface area contributed by atoms with Gasteiger partial charge in [0.15, 0.2) is 5.76 Å². The zero-order valence-corrected chi connectivity index (χ0v) is 16.6. The Morgan fingerprint density at radius 3 is 2.34 bits per heavy atom. The number of fused-ring (bicyclic) bond motifs is 2. The Labute approximate surface area is 167 Å². The van der Waals surface area contributed by atoms with Crippen LogP contribution in [0.15, 0.2) is 52.9 Å². The van der Waals surface area contributed by atoms with Gasteiger partial charge in [0, 0.05) is 30.0 Å². The van der Waals surface area contributed by atoms with Crippen molar-refractivity contribution in [2.75, 3.05) is 33.3 Å². The highest BCUT2D eigenvalue weighted by Crippen LogP contribution is 2.33. The van der Waals surface area contributed by atoms with Crippen molar-refractivity contribution < 1.29 is 23.4 Å². The molecule has 148 valence electrons. The van der Waals surface area contributed by atoms with Gasteiger partial charge < -0.3 is 23.5 Å². The SMILES string of the molecule is COc1ccc(N(C)C(=O)c2cc3cc4ccc(OC)cc4nc3o2)c(OC)c1. The number of ether oxygens (including phenoxy) is 3. The van der Waals surface area contributed by atoms with Crippen LogP contribution in [0.5, 0.6) is 17.2 Å². The van der Waals surface area contributed by atoms with E-state index in [0.29, 0.717) is 28.6 Å². The molecule has 0 spiro atoms. The second-order valence-electron chi connectivity index (χ2n) is 6.45. The minimum absolute atomic E-state index is 0.190. The van der Waals surface area contributed by atoms with Gasteiger partial charge in [-0.1, -0.05) is 0 Å². The van der Waals surface area contributed by atoms with E-state index in [9.17, 15) is 4.79 Å². The fourth-order valence-electron chi connectivity index (χ4n) is 3.17. The molecule has 4 rings (SSSR count). The summed E-state index contributed by atoms with van der Waals surface area (Å²) in [6.45, 7) is 0. The molecule has 0 radical (unpaired) electrons. The largest absolute Gasteiger partial charge is 0.497 e. The number of aromatic nitrogens is 1. The van der Waals surface area contributed by atoms with Crippen LogP contribution in [0.25, 0.3) is 22.0 Å². The minimum atomic E-state index is -0.312. The lowest BCUT2D eigenvalue weighted by Gasteiger charge is -2.19. The van der Waals surface area contributed by atoms with Crippen LogP contribution in [0.2, 0.25) is 0 Å². The van der Waals surface area contributed by atoms with Crippen molar-refractivity contribution in [2.24, 2.45) is 0 Å². The van der Waals surface area contributed by atoms with Crippen LogP contribution in [0, 0.1) is 0 Å². The van der Waals surface area contributed by atoms with E-state index >= 15 is 0 Å². The number of benzene rings is 2. The van der Waals surface area contributed by atoms with Crippen molar-refractivity contribution in [2.45, 2.75) is 0 Å². The monoisotopic (exact) mass is 392 g/mol. The van der Waals surface area contributed by atoms with Gasteiger partial charge in [-0.2, -0.15) is 0 Å². The summed E-state index contributed by atoms with van der Waals surface area (Å²) in [5, 5.41) is 1.68. The Kier molecular flexibility index (Phi) is 4.72. The van der Waals surface area contributed by atoms with Gasteiger partial charge in [0.2, 0.25) is 5.71 Å². The van der Waals surface area contributed by atoms with Crippen molar-refractivity contribution >= 4 is 33.6 Å². The van der Waals surface area contributed by atoms with Crippen molar-refractivity contribution in [1.29, 1.82) is 0 Å². The van der Waals surface area contributed by atoms with Crippen LogP contribution >= 0.6 is 0 Å². The molecule has 0 atom stereocenters. The first-order chi connectivity index (χ1) is 14.0. The van der Waals surface area contributed by atoms with Gasteiger partial charge in [-0.25, -0.2) is 4.98 Å². The Bertz CT molecular complexity index is 1210. The second-order valence-corrected chi connectivity index (χ2v) is 6.45. The highest BCUT2D eigenvalue weighted by molar-refractivity contribution is 6.07. The molecule has 7 heteroatoms. The molecule has 2 aromatic carbocycles. The normalized spacial score (nSPS) is 10.9. The number of carbonyl (C=O) groups is 1. The highest BCUT2D eigenvalue weighted by atomic mass is 16.5. The second kappa shape index (κ2) is 7.35. The lowest BCUT2D eigenvalue weighted by Crippen LogP contribution is -2.26. The van der Waals surface area contributed by atoms with E-state index < -0.39 is 0 Å². The molecule has 0 fully saturated rings. The Morgan fingerprint density at radius 2 is 1.62 bits per heavy atom. The molecule has 0 N–H and O–H groups in total. The van der Waals surface area contributed by atoms with Gasteiger partial charge in [0.1, 0.15) is 17.2 Å². The Hall–Kier alpha value is -3.74. The molecule has 2 heterocycles. The van der Waals surface area contributed by atoms with E-state index in [0.717, 1.165) is 16.3 Å². The number of nitrogens with zero attached hydrogens (tertiary/aromatic N) is 2. The third-order valence-corrected chi connectivity index (χ3v) is 4.77. The van der Waals surface area contributed by atoms with Gasteiger partial charge in [0.25, 0.3) is 5.91 Å². The van der Waals surface area contributed by atoms with Gasteiger partial charge in [-0.05, 0) is 36.4 Å². The zero-order chi connectivity index (χ0) is 20.5. The number of amides is 1. The fourth-order valence-corrected chi connectivity index (χ4v) is 3.17. The van der Waals surface area contributed by atoms with Crippen molar-refractivity contribution in [3.8, 4) is 17.2 Å². The van der Waals surface area contributed by atoms with Crippen molar-refractivity contribution in [3.63, 3.8) is 0 Å². The van der Waals surface area contributed by atoms with Gasteiger partial charge in [-0.15, -0.1) is 0 Å². The predicted molar refractivity (Wildman–Crippen MR) is 110 cm³/mol. The summed E-state index contributed by atoms with van der Waals surface area (Å²) in [5.74, 6) is 1.75. The maximum atomic E-state index is 13.0. The first-order valence-corrected chi connectivity index (χ1v) is 8.92. The van der Waals surface area contributed by atoms with Crippen molar-refractivity contribution in [3.05, 3.63) is 54.3 Å². The van der Waals surface area contributed by atoms with Gasteiger partial charge in [0.05, 0.1) is 32.5 Å². The Morgan fingerprint density at radius 1 is 0.897 bits per heavy atom. The zero-order valence-electron chi connectivity index (χ0n) is 16.6. The molecule has 0 aliphatic heterocycles. The summed E-state index contributed by atoms with van der Waals surface area (Å²) >= 11 is 0. The number of carbonyl (C=O) groups excluding carboxylic acids is 1. The Balaban J connectivity index is 1.72. The smallest absolute Gasteiger partial charge is 0.293 e. The molecule has 29 heavy (non-hydrogen) atoms. The summed E-state index contributed by atoms with van der Waals surface area (Å²) in [6.07, 6.45) is 0. The van der Waals surface area contributed by atoms with E-state index in [-0.39, 0.29) is 11.7 Å². The summed E-state index contributed by atoms with van der Waals surface area (Å²) in [4.78, 5) is 19.0. The molecule has 2 aromatic heterocycles. The predicted octanol–water partition coefficient (Wildman–Crippen LogP) is 4.28. The molecule has 7 nitrogen and oxygen atoms in total. The molecule has 0 aliphatic carbocycles. The molecule has 0 unspecified atom stereocenters. The van der Waals surface area contributed by atoms with E-state index in [4.69, 9.17) is 18.6 Å². The average molecular weight is 392 g/mol. The van der Waals surface area contributed by atoms with E-state index in [1.165, 1.54) is 4.90 Å². The third kappa shape index (κ3) is 3.31. The summed E-state index contributed by atoms with van der Waals surface area (Å²) in [5.41, 5.74) is 1.72. The van der Waals surface area contributed by atoms with Gasteiger partial charge in [-0.3, -0.25) is 4.79 Å². The number of pyridine rings is 1. The summed E-state index contributed by atoms with van der Waals surface area (Å²) in [7, 11) is 6.38. The number of methoxy groups -OCH3 is 3. The number of anilines is 1. The van der Waals surface area contributed by atoms with Crippen LogP contribution in [0.4, 0.5) is 5.69 Å². The summed E-state index contributed by atoms with van der Waals surface area (Å²) < 4.78 is 21.6. The average Bonchev–Trinajstić information content (AvgIpc) is 3.18. The topological polar surface area (TPSA) is 74.0 Å². The number of hydrogen-bond acceptors (Lipinski definition) is 6.